The SMILES string of the molecule is COCC(CBr)(COC)c1ccccc1. The van der Waals surface area contributed by atoms with Crippen molar-refractivity contribution in [3.8, 4) is 0 Å². The Bertz CT molecular complexity index is 268. The second-order valence-electron chi connectivity index (χ2n) is 3.65. The summed E-state index contributed by atoms with van der Waals surface area (Å²) in [4.78, 5) is 0. The van der Waals surface area contributed by atoms with Crippen LogP contribution < -0.4 is 0 Å². The molecule has 0 atom stereocenters. The van der Waals surface area contributed by atoms with E-state index in [9.17, 15) is 0 Å². The van der Waals surface area contributed by atoms with Crippen molar-refractivity contribution in [1.29, 1.82) is 0 Å². The van der Waals surface area contributed by atoms with Crippen molar-refractivity contribution in [2.45, 2.75) is 5.41 Å². The molecule has 0 amide bonds. The Kier molecular flexibility index (Phi) is 5.29. The fraction of sp³-hybridized carbons (Fsp3) is 0.500. The lowest BCUT2D eigenvalue weighted by Gasteiger charge is -2.31. The molecule has 0 heterocycles. The Morgan fingerprint density at radius 2 is 1.60 bits per heavy atom. The largest absolute Gasteiger partial charge is 0.384 e. The van der Waals surface area contributed by atoms with E-state index in [1.54, 1.807) is 14.2 Å². The predicted octanol–water partition coefficient (Wildman–Crippen LogP) is 2.61. The minimum absolute atomic E-state index is 0.0925. The topological polar surface area (TPSA) is 18.5 Å². The average molecular weight is 273 g/mol. The first-order valence-corrected chi connectivity index (χ1v) is 6.00. The maximum atomic E-state index is 5.30. The number of ether oxygens (including phenoxy) is 2. The van der Waals surface area contributed by atoms with E-state index in [1.807, 2.05) is 18.2 Å². The molecule has 1 aromatic rings. The van der Waals surface area contributed by atoms with Crippen molar-refractivity contribution in [2.24, 2.45) is 0 Å². The normalized spacial score (nSPS) is 11.7. The molecule has 1 rings (SSSR count). The van der Waals surface area contributed by atoms with E-state index >= 15 is 0 Å². The van der Waals surface area contributed by atoms with E-state index in [4.69, 9.17) is 9.47 Å². The van der Waals surface area contributed by atoms with Crippen molar-refractivity contribution >= 4 is 15.9 Å². The molecule has 0 aliphatic rings. The minimum atomic E-state index is -0.0925. The Morgan fingerprint density at radius 1 is 1.07 bits per heavy atom. The molecule has 0 spiro atoms. The highest BCUT2D eigenvalue weighted by atomic mass is 79.9. The zero-order valence-corrected chi connectivity index (χ0v) is 10.8. The van der Waals surface area contributed by atoms with Crippen molar-refractivity contribution < 1.29 is 9.47 Å². The summed E-state index contributed by atoms with van der Waals surface area (Å²) < 4.78 is 10.6. The molecule has 0 unspecified atom stereocenters. The van der Waals surface area contributed by atoms with Gasteiger partial charge >= 0.3 is 0 Å². The zero-order chi connectivity index (χ0) is 11.1. The van der Waals surface area contributed by atoms with Crippen LogP contribution in [0.2, 0.25) is 0 Å². The van der Waals surface area contributed by atoms with E-state index in [0.29, 0.717) is 13.2 Å². The number of methoxy groups -OCH3 is 2. The van der Waals surface area contributed by atoms with Gasteiger partial charge in [0.05, 0.1) is 18.6 Å². The van der Waals surface area contributed by atoms with Gasteiger partial charge in [0.25, 0.3) is 0 Å². The lowest BCUT2D eigenvalue weighted by molar-refractivity contribution is 0.0719. The Labute approximate surface area is 99.7 Å². The van der Waals surface area contributed by atoms with E-state index in [2.05, 4.69) is 28.1 Å². The molecule has 0 N–H and O–H groups in total. The van der Waals surface area contributed by atoms with Gasteiger partial charge in [-0.25, -0.2) is 0 Å². The molecule has 0 fully saturated rings. The van der Waals surface area contributed by atoms with Gasteiger partial charge in [-0.2, -0.15) is 0 Å². The van der Waals surface area contributed by atoms with E-state index in [-0.39, 0.29) is 5.41 Å². The van der Waals surface area contributed by atoms with Crippen molar-refractivity contribution in [3.63, 3.8) is 0 Å². The summed E-state index contributed by atoms with van der Waals surface area (Å²) in [5.74, 6) is 0. The lowest BCUT2D eigenvalue weighted by atomic mass is 9.84. The van der Waals surface area contributed by atoms with Crippen LogP contribution in [0.25, 0.3) is 0 Å². The standard InChI is InChI=1S/C12H17BrO2/c1-14-9-12(8-13,10-15-2)11-6-4-3-5-7-11/h3-7H,8-10H2,1-2H3. The van der Waals surface area contributed by atoms with Gasteiger partial charge < -0.3 is 9.47 Å². The molecule has 0 saturated carbocycles. The Balaban J connectivity index is 2.97. The average Bonchev–Trinajstić information content (AvgIpc) is 2.30. The van der Waals surface area contributed by atoms with Gasteiger partial charge in [0, 0.05) is 19.5 Å². The summed E-state index contributed by atoms with van der Waals surface area (Å²) in [6.45, 7) is 1.30. The third-order valence-electron chi connectivity index (χ3n) is 2.48. The van der Waals surface area contributed by atoms with Gasteiger partial charge in [0.15, 0.2) is 0 Å². The quantitative estimate of drug-likeness (QED) is 0.742. The molecule has 0 aliphatic carbocycles. The van der Waals surface area contributed by atoms with Crippen LogP contribution in [-0.4, -0.2) is 32.8 Å². The minimum Gasteiger partial charge on any atom is -0.384 e. The summed E-state index contributed by atoms with van der Waals surface area (Å²) in [6.07, 6.45) is 0. The van der Waals surface area contributed by atoms with Gasteiger partial charge in [-0.3, -0.25) is 0 Å². The zero-order valence-electron chi connectivity index (χ0n) is 9.20. The first-order valence-electron chi connectivity index (χ1n) is 4.88. The monoisotopic (exact) mass is 272 g/mol. The number of rotatable bonds is 6. The molecule has 0 saturated heterocycles. The van der Waals surface area contributed by atoms with Crippen LogP contribution in [0.15, 0.2) is 30.3 Å². The summed E-state index contributed by atoms with van der Waals surface area (Å²) >= 11 is 3.55. The fourth-order valence-corrected chi connectivity index (χ4v) is 2.35. The van der Waals surface area contributed by atoms with Crippen molar-refractivity contribution in [1.82, 2.24) is 0 Å². The van der Waals surface area contributed by atoms with Gasteiger partial charge in [0.2, 0.25) is 0 Å². The molecule has 0 radical (unpaired) electrons. The number of halogens is 1. The molecular formula is C12H17BrO2. The third kappa shape index (κ3) is 3.03. The molecular weight excluding hydrogens is 256 g/mol. The van der Waals surface area contributed by atoms with E-state index in [1.165, 1.54) is 5.56 Å². The molecule has 84 valence electrons. The molecule has 2 nitrogen and oxygen atoms in total. The van der Waals surface area contributed by atoms with Gasteiger partial charge in [0.1, 0.15) is 0 Å². The molecule has 0 aromatic heterocycles. The van der Waals surface area contributed by atoms with Crippen LogP contribution in [-0.2, 0) is 14.9 Å². The van der Waals surface area contributed by atoms with Crippen LogP contribution in [0, 0.1) is 0 Å². The number of benzene rings is 1. The number of hydrogen-bond acceptors (Lipinski definition) is 2. The van der Waals surface area contributed by atoms with Gasteiger partial charge in [-0.05, 0) is 5.56 Å². The number of hydrogen-bond donors (Lipinski definition) is 0. The second-order valence-corrected chi connectivity index (χ2v) is 4.21. The maximum absolute atomic E-state index is 5.30. The lowest BCUT2D eigenvalue weighted by Crippen LogP contribution is -2.38. The summed E-state index contributed by atoms with van der Waals surface area (Å²) in [5.41, 5.74) is 1.15. The van der Waals surface area contributed by atoms with E-state index in [0.717, 1.165) is 5.33 Å². The first-order chi connectivity index (χ1) is 7.29. The predicted molar refractivity (Wildman–Crippen MR) is 65.7 cm³/mol. The highest BCUT2D eigenvalue weighted by Gasteiger charge is 2.31. The summed E-state index contributed by atoms with van der Waals surface area (Å²) in [5, 5.41) is 0.825. The van der Waals surface area contributed by atoms with Crippen molar-refractivity contribution in [3.05, 3.63) is 35.9 Å². The van der Waals surface area contributed by atoms with Crippen LogP contribution in [0.5, 0.6) is 0 Å². The molecule has 15 heavy (non-hydrogen) atoms. The highest BCUT2D eigenvalue weighted by Crippen LogP contribution is 2.27. The fourth-order valence-electron chi connectivity index (χ4n) is 1.71. The highest BCUT2D eigenvalue weighted by molar-refractivity contribution is 9.09. The summed E-state index contributed by atoms with van der Waals surface area (Å²) in [7, 11) is 3.44. The van der Waals surface area contributed by atoms with Gasteiger partial charge in [-0.15, -0.1) is 0 Å². The van der Waals surface area contributed by atoms with Crippen molar-refractivity contribution in [2.75, 3.05) is 32.8 Å². The van der Waals surface area contributed by atoms with Crippen LogP contribution in [0.4, 0.5) is 0 Å². The maximum Gasteiger partial charge on any atom is 0.0589 e. The van der Waals surface area contributed by atoms with Crippen LogP contribution >= 0.6 is 15.9 Å². The summed E-state index contributed by atoms with van der Waals surface area (Å²) in [6, 6.07) is 10.3. The second kappa shape index (κ2) is 6.26. The molecule has 1 aromatic carbocycles. The Hall–Kier alpha value is -0.380. The van der Waals surface area contributed by atoms with Crippen LogP contribution in [0.3, 0.4) is 0 Å². The van der Waals surface area contributed by atoms with Gasteiger partial charge in [-0.1, -0.05) is 46.3 Å². The molecule has 0 bridgehead atoms. The van der Waals surface area contributed by atoms with Crippen LogP contribution in [0.1, 0.15) is 5.56 Å². The first kappa shape index (κ1) is 12.7. The molecule has 0 aliphatic heterocycles. The number of alkyl halides is 1. The third-order valence-corrected chi connectivity index (χ3v) is 3.56. The smallest absolute Gasteiger partial charge is 0.0589 e. The Morgan fingerprint density at radius 3 is 2.00 bits per heavy atom. The van der Waals surface area contributed by atoms with E-state index < -0.39 is 0 Å². The molecule has 3 heteroatoms.